The Balaban J connectivity index is 1.95. The van der Waals surface area contributed by atoms with E-state index in [2.05, 4.69) is 15.9 Å². The zero-order valence-electron chi connectivity index (χ0n) is 11.4. The maximum absolute atomic E-state index is 12.6. The van der Waals surface area contributed by atoms with Crippen molar-refractivity contribution in [2.75, 3.05) is 32.4 Å². The van der Waals surface area contributed by atoms with E-state index in [0.717, 1.165) is 14.6 Å². The molecule has 0 saturated carbocycles. The van der Waals surface area contributed by atoms with E-state index in [4.69, 9.17) is 5.73 Å². The van der Waals surface area contributed by atoms with Crippen molar-refractivity contribution < 1.29 is 9.59 Å². The Morgan fingerprint density at radius 1 is 1.38 bits per heavy atom. The zero-order chi connectivity index (χ0) is 15.1. The smallest absolute Gasteiger partial charge is 0.266 e. The maximum Gasteiger partial charge on any atom is 0.266 e. The van der Waals surface area contributed by atoms with Crippen LogP contribution < -0.4 is 5.73 Å². The van der Waals surface area contributed by atoms with Gasteiger partial charge >= 0.3 is 0 Å². The SMILES string of the molecule is CN1CCN(C(=O)c2sc3ccc(Br)cc3c2N)CC1=O. The second-order valence-corrected chi connectivity index (χ2v) is 7.00. The van der Waals surface area contributed by atoms with Crippen LogP contribution in [0.4, 0.5) is 5.69 Å². The molecule has 1 aliphatic heterocycles. The average molecular weight is 368 g/mol. The number of benzene rings is 1. The third-order valence-electron chi connectivity index (χ3n) is 3.63. The minimum absolute atomic E-state index is 0.0444. The fraction of sp³-hybridized carbons (Fsp3) is 0.286. The van der Waals surface area contributed by atoms with Gasteiger partial charge in [0.15, 0.2) is 0 Å². The quantitative estimate of drug-likeness (QED) is 0.839. The van der Waals surface area contributed by atoms with Crippen LogP contribution in [0.2, 0.25) is 0 Å². The first-order valence-electron chi connectivity index (χ1n) is 6.48. The number of hydrogen-bond acceptors (Lipinski definition) is 4. The predicted molar refractivity (Wildman–Crippen MR) is 87.5 cm³/mol. The molecule has 1 aromatic carbocycles. The van der Waals surface area contributed by atoms with E-state index < -0.39 is 0 Å². The summed E-state index contributed by atoms with van der Waals surface area (Å²) >= 11 is 4.78. The first kappa shape index (κ1) is 14.3. The van der Waals surface area contributed by atoms with Gasteiger partial charge in [0, 0.05) is 34.7 Å². The van der Waals surface area contributed by atoms with E-state index in [1.165, 1.54) is 11.3 Å². The van der Waals surface area contributed by atoms with Gasteiger partial charge in [0.2, 0.25) is 5.91 Å². The molecule has 2 aromatic rings. The highest BCUT2D eigenvalue weighted by atomic mass is 79.9. The first-order chi connectivity index (χ1) is 9.97. The highest BCUT2D eigenvalue weighted by Crippen LogP contribution is 2.36. The lowest BCUT2D eigenvalue weighted by Gasteiger charge is -2.31. The van der Waals surface area contributed by atoms with Crippen molar-refractivity contribution in [3.8, 4) is 0 Å². The number of carbonyl (C=O) groups excluding carboxylic acids is 2. The number of nitrogens with two attached hydrogens (primary N) is 1. The number of halogens is 1. The number of fused-ring (bicyclic) bond motifs is 1. The Morgan fingerprint density at radius 2 is 2.14 bits per heavy atom. The molecule has 110 valence electrons. The van der Waals surface area contributed by atoms with Crippen LogP contribution in [0.3, 0.4) is 0 Å². The van der Waals surface area contributed by atoms with Gasteiger partial charge in [0.05, 0.1) is 5.69 Å². The Kier molecular flexibility index (Phi) is 3.62. The van der Waals surface area contributed by atoms with Crippen LogP contribution in [0, 0.1) is 0 Å². The normalized spacial score (nSPS) is 15.8. The molecule has 2 N–H and O–H groups in total. The summed E-state index contributed by atoms with van der Waals surface area (Å²) in [6.45, 7) is 1.21. The number of amides is 2. The molecule has 1 saturated heterocycles. The number of nitrogens with zero attached hydrogens (tertiary/aromatic N) is 2. The molecule has 2 amide bonds. The second kappa shape index (κ2) is 5.31. The maximum atomic E-state index is 12.6. The van der Waals surface area contributed by atoms with E-state index in [1.54, 1.807) is 16.8 Å². The first-order valence-corrected chi connectivity index (χ1v) is 8.09. The van der Waals surface area contributed by atoms with Crippen LogP contribution in [0.25, 0.3) is 10.1 Å². The van der Waals surface area contributed by atoms with Gasteiger partial charge in [-0.15, -0.1) is 11.3 Å². The molecule has 0 unspecified atom stereocenters. The van der Waals surface area contributed by atoms with Crippen molar-refractivity contribution in [2.24, 2.45) is 0 Å². The number of thiophene rings is 1. The monoisotopic (exact) mass is 367 g/mol. The number of carbonyl (C=O) groups is 2. The van der Waals surface area contributed by atoms with Gasteiger partial charge in [-0.05, 0) is 18.2 Å². The van der Waals surface area contributed by atoms with Crippen LogP contribution in [-0.4, -0.2) is 48.3 Å². The van der Waals surface area contributed by atoms with Crippen molar-refractivity contribution in [1.82, 2.24) is 9.80 Å². The molecule has 0 aliphatic carbocycles. The van der Waals surface area contributed by atoms with E-state index in [1.807, 2.05) is 18.2 Å². The average Bonchev–Trinajstić information content (AvgIpc) is 2.78. The minimum atomic E-state index is -0.161. The summed E-state index contributed by atoms with van der Waals surface area (Å²) < 4.78 is 1.90. The molecular formula is C14H14BrN3O2S. The molecule has 7 heteroatoms. The lowest BCUT2D eigenvalue weighted by atomic mass is 10.2. The zero-order valence-corrected chi connectivity index (χ0v) is 13.8. The Hall–Kier alpha value is -1.60. The van der Waals surface area contributed by atoms with Gasteiger partial charge in [-0.3, -0.25) is 9.59 Å². The molecule has 5 nitrogen and oxygen atoms in total. The van der Waals surface area contributed by atoms with Crippen LogP contribution in [0.1, 0.15) is 9.67 Å². The predicted octanol–water partition coefficient (Wildman–Crippen LogP) is 2.16. The molecule has 0 radical (unpaired) electrons. The van der Waals surface area contributed by atoms with Crippen LogP contribution >= 0.6 is 27.3 Å². The van der Waals surface area contributed by atoms with Crippen molar-refractivity contribution in [2.45, 2.75) is 0 Å². The molecule has 2 heterocycles. The fourth-order valence-corrected chi connectivity index (χ4v) is 3.76. The summed E-state index contributed by atoms with van der Waals surface area (Å²) in [5.74, 6) is -0.205. The minimum Gasteiger partial charge on any atom is -0.397 e. The molecule has 0 spiro atoms. The number of likely N-dealkylation sites (N-methyl/N-ethyl adjacent to an activating group) is 1. The Bertz CT molecular complexity index is 743. The van der Waals surface area contributed by atoms with Gasteiger partial charge in [-0.25, -0.2) is 0 Å². The molecule has 21 heavy (non-hydrogen) atoms. The fourth-order valence-electron chi connectivity index (χ4n) is 2.32. The summed E-state index contributed by atoms with van der Waals surface area (Å²) in [7, 11) is 1.75. The topological polar surface area (TPSA) is 66.6 Å². The van der Waals surface area contributed by atoms with Crippen molar-refractivity contribution >= 4 is 54.9 Å². The molecule has 0 atom stereocenters. The number of hydrogen-bond donors (Lipinski definition) is 1. The number of rotatable bonds is 1. The third kappa shape index (κ3) is 2.51. The van der Waals surface area contributed by atoms with E-state index in [9.17, 15) is 9.59 Å². The van der Waals surface area contributed by atoms with E-state index >= 15 is 0 Å². The molecule has 1 aliphatic rings. The highest BCUT2D eigenvalue weighted by Gasteiger charge is 2.28. The van der Waals surface area contributed by atoms with E-state index in [-0.39, 0.29) is 18.4 Å². The molecule has 3 rings (SSSR count). The highest BCUT2D eigenvalue weighted by molar-refractivity contribution is 9.10. The lowest BCUT2D eigenvalue weighted by Crippen LogP contribution is -2.50. The Labute approximate surface area is 134 Å². The molecule has 1 fully saturated rings. The van der Waals surface area contributed by atoms with Crippen LogP contribution in [0.15, 0.2) is 22.7 Å². The molecule has 1 aromatic heterocycles. The molecule has 0 bridgehead atoms. The number of anilines is 1. The van der Waals surface area contributed by atoms with Crippen molar-refractivity contribution in [3.05, 3.63) is 27.5 Å². The van der Waals surface area contributed by atoms with Gasteiger partial charge < -0.3 is 15.5 Å². The number of nitrogen functional groups attached to an aromatic ring is 1. The van der Waals surface area contributed by atoms with Crippen LogP contribution in [-0.2, 0) is 4.79 Å². The van der Waals surface area contributed by atoms with E-state index in [0.29, 0.717) is 23.7 Å². The second-order valence-electron chi connectivity index (χ2n) is 5.03. The standard InChI is InChI=1S/C14H14BrN3O2S/c1-17-4-5-18(7-11(17)19)14(20)13-12(16)9-6-8(15)2-3-10(9)21-13/h2-3,6H,4-5,7,16H2,1H3. The van der Waals surface area contributed by atoms with Crippen molar-refractivity contribution in [3.63, 3.8) is 0 Å². The van der Waals surface area contributed by atoms with Gasteiger partial charge in [0.1, 0.15) is 11.4 Å². The summed E-state index contributed by atoms with van der Waals surface area (Å²) in [5.41, 5.74) is 6.62. The number of piperazine rings is 1. The van der Waals surface area contributed by atoms with Gasteiger partial charge in [-0.2, -0.15) is 0 Å². The van der Waals surface area contributed by atoms with Crippen molar-refractivity contribution in [1.29, 1.82) is 0 Å². The largest absolute Gasteiger partial charge is 0.397 e. The van der Waals surface area contributed by atoms with Gasteiger partial charge in [0.25, 0.3) is 5.91 Å². The Morgan fingerprint density at radius 3 is 2.86 bits per heavy atom. The summed E-state index contributed by atoms with van der Waals surface area (Å²) in [6, 6.07) is 5.77. The lowest BCUT2D eigenvalue weighted by molar-refractivity contribution is -0.133. The summed E-state index contributed by atoms with van der Waals surface area (Å²) in [4.78, 5) is 28.1. The van der Waals surface area contributed by atoms with Crippen LogP contribution in [0.5, 0.6) is 0 Å². The molecular weight excluding hydrogens is 354 g/mol. The summed E-state index contributed by atoms with van der Waals surface area (Å²) in [5, 5.41) is 0.873. The van der Waals surface area contributed by atoms with Gasteiger partial charge in [-0.1, -0.05) is 15.9 Å². The third-order valence-corrected chi connectivity index (χ3v) is 5.29. The summed E-state index contributed by atoms with van der Waals surface area (Å²) in [6.07, 6.45) is 0.